The zero-order chi connectivity index (χ0) is 11.8. The molecule has 4 heteroatoms. The third kappa shape index (κ3) is 2.21. The summed E-state index contributed by atoms with van der Waals surface area (Å²) in [6.07, 6.45) is 2.22. The number of H-pyrrole nitrogens is 1. The lowest BCUT2D eigenvalue weighted by Gasteiger charge is -2.24. The van der Waals surface area contributed by atoms with Gasteiger partial charge in [0.1, 0.15) is 0 Å². The van der Waals surface area contributed by atoms with Crippen molar-refractivity contribution < 1.29 is 0 Å². The first-order chi connectivity index (χ1) is 7.48. The lowest BCUT2D eigenvalue weighted by molar-refractivity contribution is 0.336. The molecule has 1 aliphatic heterocycles. The summed E-state index contributed by atoms with van der Waals surface area (Å²) in [7, 11) is 0. The van der Waals surface area contributed by atoms with Crippen LogP contribution < -0.4 is 10.9 Å². The molecule has 1 aromatic rings. The number of aromatic amines is 1. The molecule has 2 N–H and O–H groups in total. The Hall–Kier alpha value is -1.03. The van der Waals surface area contributed by atoms with Crippen LogP contribution in [0.3, 0.4) is 0 Å². The van der Waals surface area contributed by atoms with E-state index in [0.717, 1.165) is 31.6 Å². The molecule has 16 heavy (non-hydrogen) atoms. The highest BCUT2D eigenvalue weighted by atomic mass is 16.1. The maximum Gasteiger partial charge on any atom is 0.267 e. The quantitative estimate of drug-likeness (QED) is 0.756. The number of aromatic nitrogens is 2. The van der Waals surface area contributed by atoms with E-state index in [1.807, 2.05) is 0 Å². The highest BCUT2D eigenvalue weighted by molar-refractivity contribution is 5.11. The molecule has 0 radical (unpaired) electrons. The fourth-order valence-electron chi connectivity index (χ4n) is 2.12. The van der Waals surface area contributed by atoms with Crippen LogP contribution in [0.2, 0.25) is 0 Å². The lowest BCUT2D eigenvalue weighted by atomic mass is 9.93. The molecule has 2 heterocycles. The van der Waals surface area contributed by atoms with Crippen LogP contribution in [0.1, 0.15) is 45.3 Å². The summed E-state index contributed by atoms with van der Waals surface area (Å²) in [6.45, 7) is 8.30. The van der Waals surface area contributed by atoms with E-state index in [1.165, 1.54) is 0 Å². The van der Waals surface area contributed by atoms with Crippen molar-refractivity contribution in [3.05, 3.63) is 22.1 Å². The summed E-state index contributed by atoms with van der Waals surface area (Å²) in [5, 5.41) is 6.58. The first-order valence-electron chi connectivity index (χ1n) is 6.01. The second-order valence-corrected chi connectivity index (χ2v) is 5.63. The zero-order valence-corrected chi connectivity index (χ0v) is 10.3. The second kappa shape index (κ2) is 4.09. The van der Waals surface area contributed by atoms with Crippen molar-refractivity contribution in [1.82, 2.24) is 15.1 Å². The number of hydrogen-bond donors (Lipinski definition) is 2. The Morgan fingerprint density at radius 2 is 2.19 bits per heavy atom. The molecule has 0 spiro atoms. The van der Waals surface area contributed by atoms with Gasteiger partial charge >= 0.3 is 0 Å². The van der Waals surface area contributed by atoms with E-state index in [4.69, 9.17) is 0 Å². The van der Waals surface area contributed by atoms with Crippen molar-refractivity contribution in [2.24, 2.45) is 0 Å². The molecule has 1 atom stereocenters. The second-order valence-electron chi connectivity index (χ2n) is 5.63. The topological polar surface area (TPSA) is 49.8 Å². The van der Waals surface area contributed by atoms with Gasteiger partial charge in [0, 0.05) is 23.7 Å². The van der Waals surface area contributed by atoms with Gasteiger partial charge in [0.05, 0.1) is 6.04 Å². The van der Waals surface area contributed by atoms with Gasteiger partial charge < -0.3 is 5.32 Å². The summed E-state index contributed by atoms with van der Waals surface area (Å²) in [5.41, 5.74) is 1.12. The smallest absolute Gasteiger partial charge is 0.267 e. The summed E-state index contributed by atoms with van der Waals surface area (Å²) >= 11 is 0. The molecule has 0 unspecified atom stereocenters. The molecule has 0 bridgehead atoms. The average molecular weight is 223 g/mol. The summed E-state index contributed by atoms with van der Waals surface area (Å²) in [6, 6.07) is 2.02. The molecule has 90 valence electrons. The maximum atomic E-state index is 11.9. The predicted octanol–water partition coefficient (Wildman–Crippen LogP) is 1.40. The molecular formula is C12H21N3O. The van der Waals surface area contributed by atoms with Crippen molar-refractivity contribution in [3.8, 4) is 0 Å². The van der Waals surface area contributed by atoms with Crippen molar-refractivity contribution >= 4 is 0 Å². The van der Waals surface area contributed by atoms with E-state index < -0.39 is 0 Å². The van der Waals surface area contributed by atoms with E-state index in [1.54, 1.807) is 10.7 Å². The van der Waals surface area contributed by atoms with Gasteiger partial charge in [-0.3, -0.25) is 9.89 Å². The first-order valence-corrected chi connectivity index (χ1v) is 6.01. The standard InChI is InChI=1S/C12H21N3O/c1-12(2,3)10-7-11(16)15(14-10)9-5-4-6-13-8-9/h7,9,13-14H,4-6,8H2,1-3H3/t9-/m1/s1. The Morgan fingerprint density at radius 3 is 2.69 bits per heavy atom. The largest absolute Gasteiger partial charge is 0.315 e. The van der Waals surface area contributed by atoms with Gasteiger partial charge in [-0.25, -0.2) is 4.68 Å². The lowest BCUT2D eigenvalue weighted by Crippen LogP contribution is -2.35. The third-order valence-electron chi connectivity index (χ3n) is 3.19. The van der Waals surface area contributed by atoms with Gasteiger partial charge in [-0.1, -0.05) is 20.8 Å². The Balaban J connectivity index is 2.28. The number of nitrogens with one attached hydrogen (secondary N) is 2. The van der Waals surface area contributed by atoms with Crippen LogP contribution in [0.15, 0.2) is 10.9 Å². The monoisotopic (exact) mass is 223 g/mol. The Kier molecular flexibility index (Phi) is 2.93. The van der Waals surface area contributed by atoms with Crippen LogP contribution in [0.5, 0.6) is 0 Å². The molecule has 2 rings (SSSR count). The van der Waals surface area contributed by atoms with Gasteiger partial charge in [0.15, 0.2) is 0 Å². The van der Waals surface area contributed by atoms with Gasteiger partial charge in [-0.2, -0.15) is 0 Å². The summed E-state index contributed by atoms with van der Waals surface area (Å²) in [5.74, 6) is 0. The van der Waals surface area contributed by atoms with Crippen molar-refractivity contribution in [1.29, 1.82) is 0 Å². The van der Waals surface area contributed by atoms with Crippen LogP contribution in [0.25, 0.3) is 0 Å². The van der Waals surface area contributed by atoms with Crippen LogP contribution in [0.4, 0.5) is 0 Å². The number of piperidine rings is 1. The fraction of sp³-hybridized carbons (Fsp3) is 0.750. The van der Waals surface area contributed by atoms with E-state index in [2.05, 4.69) is 31.2 Å². The van der Waals surface area contributed by atoms with Crippen LogP contribution in [-0.2, 0) is 5.41 Å². The molecule has 0 aliphatic carbocycles. The number of rotatable bonds is 1. The van der Waals surface area contributed by atoms with Gasteiger partial charge in [-0.15, -0.1) is 0 Å². The molecule has 0 amide bonds. The minimum absolute atomic E-state index is 0.00645. The molecule has 1 aromatic heterocycles. The SMILES string of the molecule is CC(C)(C)c1cc(=O)n([C@@H]2CCCNC2)[nH]1. The van der Waals surface area contributed by atoms with Crippen LogP contribution >= 0.6 is 0 Å². The Morgan fingerprint density at radius 1 is 1.44 bits per heavy atom. The molecule has 0 aromatic carbocycles. The predicted molar refractivity (Wildman–Crippen MR) is 64.9 cm³/mol. The van der Waals surface area contributed by atoms with E-state index in [0.29, 0.717) is 0 Å². The molecule has 1 saturated heterocycles. The number of nitrogens with zero attached hydrogens (tertiary/aromatic N) is 1. The summed E-state index contributed by atoms with van der Waals surface area (Å²) in [4.78, 5) is 11.9. The Labute approximate surface area is 96.0 Å². The maximum absolute atomic E-state index is 11.9. The van der Waals surface area contributed by atoms with E-state index >= 15 is 0 Å². The third-order valence-corrected chi connectivity index (χ3v) is 3.19. The van der Waals surface area contributed by atoms with Gasteiger partial charge in [-0.05, 0) is 19.4 Å². The zero-order valence-electron chi connectivity index (χ0n) is 10.3. The first kappa shape index (κ1) is 11.5. The minimum atomic E-state index is 0.00645. The van der Waals surface area contributed by atoms with Gasteiger partial charge in [0.25, 0.3) is 5.56 Å². The minimum Gasteiger partial charge on any atom is -0.315 e. The average Bonchev–Trinajstić information content (AvgIpc) is 2.61. The fourth-order valence-corrected chi connectivity index (χ4v) is 2.12. The highest BCUT2D eigenvalue weighted by Gasteiger charge is 2.22. The van der Waals surface area contributed by atoms with Crippen molar-refractivity contribution in [2.45, 2.75) is 45.1 Å². The molecule has 0 saturated carbocycles. The molecular weight excluding hydrogens is 202 g/mol. The van der Waals surface area contributed by atoms with Gasteiger partial charge in [0.2, 0.25) is 0 Å². The van der Waals surface area contributed by atoms with E-state index in [9.17, 15) is 4.79 Å². The number of hydrogen-bond acceptors (Lipinski definition) is 2. The summed E-state index contributed by atoms with van der Waals surface area (Å²) < 4.78 is 1.78. The van der Waals surface area contributed by atoms with E-state index in [-0.39, 0.29) is 17.0 Å². The Bertz CT molecular complexity index is 405. The van der Waals surface area contributed by atoms with Crippen LogP contribution in [0, 0.1) is 0 Å². The molecule has 4 nitrogen and oxygen atoms in total. The normalized spacial score (nSPS) is 22.3. The molecule has 1 aliphatic rings. The molecule has 1 fully saturated rings. The van der Waals surface area contributed by atoms with Crippen molar-refractivity contribution in [2.75, 3.05) is 13.1 Å². The van der Waals surface area contributed by atoms with Crippen LogP contribution in [-0.4, -0.2) is 22.9 Å². The highest BCUT2D eigenvalue weighted by Crippen LogP contribution is 2.20. The van der Waals surface area contributed by atoms with Crippen molar-refractivity contribution in [3.63, 3.8) is 0 Å².